The van der Waals surface area contributed by atoms with Gasteiger partial charge in [0.2, 0.25) is 5.91 Å². The molecule has 0 aliphatic carbocycles. The molecule has 0 spiro atoms. The van der Waals surface area contributed by atoms with Gasteiger partial charge in [-0.25, -0.2) is 4.98 Å². The molecule has 8 heteroatoms. The standard InChI is InChI=1S/C11H8ClN5OS/c12-9-3-8(2-1-7(9)4-13)16-10(18)5-19-11-14-6-15-17-11/h1-3,6H,5H2,(H,16,18)(H,14,15,17). The van der Waals surface area contributed by atoms with Crippen molar-refractivity contribution in [2.75, 3.05) is 11.1 Å². The molecule has 0 aliphatic heterocycles. The van der Waals surface area contributed by atoms with Crippen molar-refractivity contribution in [1.29, 1.82) is 5.26 Å². The molecule has 2 N–H and O–H groups in total. The summed E-state index contributed by atoms with van der Waals surface area (Å²) < 4.78 is 0. The molecule has 1 amide bonds. The van der Waals surface area contributed by atoms with Gasteiger partial charge in [-0.05, 0) is 18.2 Å². The molecule has 0 atom stereocenters. The Hall–Kier alpha value is -2.04. The van der Waals surface area contributed by atoms with Crippen LogP contribution in [0.25, 0.3) is 0 Å². The van der Waals surface area contributed by atoms with E-state index in [0.717, 1.165) is 0 Å². The molecule has 0 bridgehead atoms. The summed E-state index contributed by atoms with van der Waals surface area (Å²) in [6.45, 7) is 0. The van der Waals surface area contributed by atoms with E-state index in [1.54, 1.807) is 12.1 Å². The van der Waals surface area contributed by atoms with E-state index in [1.165, 1.54) is 24.2 Å². The number of nitrogens with zero attached hydrogens (tertiary/aromatic N) is 3. The molecule has 96 valence electrons. The van der Waals surface area contributed by atoms with E-state index in [2.05, 4.69) is 20.5 Å². The molecule has 19 heavy (non-hydrogen) atoms. The fraction of sp³-hybridized carbons (Fsp3) is 0.0909. The number of nitrogens with one attached hydrogen (secondary N) is 2. The largest absolute Gasteiger partial charge is 0.325 e. The lowest BCUT2D eigenvalue weighted by atomic mass is 10.2. The van der Waals surface area contributed by atoms with Crippen LogP contribution in [0.5, 0.6) is 0 Å². The predicted molar refractivity (Wildman–Crippen MR) is 71.9 cm³/mol. The summed E-state index contributed by atoms with van der Waals surface area (Å²) in [6.07, 6.45) is 1.38. The van der Waals surface area contributed by atoms with E-state index in [1.807, 2.05) is 6.07 Å². The fourth-order valence-corrected chi connectivity index (χ4v) is 2.08. The van der Waals surface area contributed by atoms with Crippen LogP contribution in [-0.2, 0) is 4.79 Å². The Labute approximate surface area is 118 Å². The minimum Gasteiger partial charge on any atom is -0.325 e. The summed E-state index contributed by atoms with van der Waals surface area (Å²) in [4.78, 5) is 15.6. The molecule has 1 heterocycles. The van der Waals surface area contributed by atoms with Crippen molar-refractivity contribution in [3.63, 3.8) is 0 Å². The molecule has 0 saturated carbocycles. The number of hydrogen-bond acceptors (Lipinski definition) is 5. The van der Waals surface area contributed by atoms with Crippen molar-refractivity contribution in [3.05, 3.63) is 35.1 Å². The summed E-state index contributed by atoms with van der Waals surface area (Å²) in [5.41, 5.74) is 0.919. The first-order valence-electron chi connectivity index (χ1n) is 5.16. The maximum atomic E-state index is 11.7. The van der Waals surface area contributed by atoms with Crippen molar-refractivity contribution in [1.82, 2.24) is 15.2 Å². The van der Waals surface area contributed by atoms with Gasteiger partial charge < -0.3 is 5.32 Å². The third kappa shape index (κ3) is 3.71. The number of carbonyl (C=O) groups excluding carboxylic acids is 1. The molecular weight excluding hydrogens is 286 g/mol. The third-order valence-corrected chi connectivity index (χ3v) is 3.30. The summed E-state index contributed by atoms with van der Waals surface area (Å²) in [5, 5.41) is 18.6. The first kappa shape index (κ1) is 13.4. The number of hydrogen-bond donors (Lipinski definition) is 2. The second-order valence-electron chi connectivity index (χ2n) is 3.43. The number of benzene rings is 1. The Balaban J connectivity index is 1.92. The Morgan fingerprint density at radius 3 is 3.05 bits per heavy atom. The Bertz CT molecular complexity index is 623. The number of thioether (sulfide) groups is 1. The van der Waals surface area contributed by atoms with E-state index < -0.39 is 0 Å². The molecule has 0 aliphatic rings. The molecule has 0 radical (unpaired) electrons. The first-order chi connectivity index (χ1) is 9.19. The van der Waals surface area contributed by atoms with Gasteiger partial charge in [0, 0.05) is 5.69 Å². The minimum atomic E-state index is -0.192. The number of rotatable bonds is 4. The number of H-pyrrole nitrogens is 1. The number of aromatic nitrogens is 3. The van der Waals surface area contributed by atoms with Crippen LogP contribution in [0, 0.1) is 11.3 Å². The van der Waals surface area contributed by atoms with Crippen LogP contribution in [-0.4, -0.2) is 26.8 Å². The van der Waals surface area contributed by atoms with Gasteiger partial charge in [0.25, 0.3) is 0 Å². The average molecular weight is 294 g/mol. The van der Waals surface area contributed by atoms with Gasteiger partial charge >= 0.3 is 0 Å². The number of amides is 1. The van der Waals surface area contributed by atoms with Gasteiger partial charge in [0.1, 0.15) is 12.4 Å². The van der Waals surface area contributed by atoms with Gasteiger partial charge in [-0.15, -0.1) is 0 Å². The summed E-state index contributed by atoms with van der Waals surface area (Å²) in [6, 6.07) is 6.67. The third-order valence-electron chi connectivity index (χ3n) is 2.11. The van der Waals surface area contributed by atoms with Crippen molar-refractivity contribution in [2.24, 2.45) is 0 Å². The number of nitriles is 1. The highest BCUT2D eigenvalue weighted by Crippen LogP contribution is 2.20. The molecule has 2 aromatic rings. The lowest BCUT2D eigenvalue weighted by molar-refractivity contribution is -0.113. The zero-order valence-electron chi connectivity index (χ0n) is 9.55. The SMILES string of the molecule is N#Cc1ccc(NC(=O)CSc2ncn[nH]2)cc1Cl. The minimum absolute atomic E-state index is 0.192. The van der Waals surface area contributed by atoms with Crippen molar-refractivity contribution in [2.45, 2.75) is 5.16 Å². The van der Waals surface area contributed by atoms with E-state index in [-0.39, 0.29) is 11.7 Å². The summed E-state index contributed by atoms with van der Waals surface area (Å²) >= 11 is 7.11. The van der Waals surface area contributed by atoms with Crippen LogP contribution in [0.2, 0.25) is 5.02 Å². The van der Waals surface area contributed by atoms with Crippen LogP contribution >= 0.6 is 23.4 Å². The quantitative estimate of drug-likeness (QED) is 0.841. The second kappa shape index (κ2) is 6.22. The van der Waals surface area contributed by atoms with Gasteiger partial charge in [-0.3, -0.25) is 9.89 Å². The highest BCUT2D eigenvalue weighted by atomic mass is 35.5. The van der Waals surface area contributed by atoms with Crippen LogP contribution in [0.1, 0.15) is 5.56 Å². The number of halogens is 1. The molecular formula is C11H8ClN5OS. The Kier molecular flexibility index (Phi) is 4.39. The predicted octanol–water partition coefficient (Wildman–Crippen LogP) is 2.06. The van der Waals surface area contributed by atoms with E-state index in [9.17, 15) is 4.79 Å². The van der Waals surface area contributed by atoms with E-state index >= 15 is 0 Å². The fourth-order valence-electron chi connectivity index (χ4n) is 1.28. The normalized spacial score (nSPS) is 9.89. The summed E-state index contributed by atoms with van der Waals surface area (Å²) in [7, 11) is 0. The van der Waals surface area contributed by atoms with Crippen LogP contribution in [0.4, 0.5) is 5.69 Å². The van der Waals surface area contributed by atoms with Crippen LogP contribution in [0.15, 0.2) is 29.7 Å². The number of carbonyl (C=O) groups is 1. The molecule has 0 saturated heterocycles. The number of aromatic amines is 1. The molecule has 1 aromatic heterocycles. The van der Waals surface area contributed by atoms with E-state index in [4.69, 9.17) is 16.9 Å². The van der Waals surface area contributed by atoms with Gasteiger partial charge in [0.15, 0.2) is 5.16 Å². The molecule has 1 aromatic carbocycles. The van der Waals surface area contributed by atoms with E-state index in [0.29, 0.717) is 21.4 Å². The lowest BCUT2D eigenvalue weighted by Crippen LogP contribution is -2.14. The second-order valence-corrected chi connectivity index (χ2v) is 4.81. The Morgan fingerprint density at radius 1 is 1.58 bits per heavy atom. The molecule has 2 rings (SSSR count). The zero-order chi connectivity index (χ0) is 13.7. The number of anilines is 1. The molecule has 6 nitrogen and oxygen atoms in total. The first-order valence-corrected chi connectivity index (χ1v) is 6.53. The maximum absolute atomic E-state index is 11.7. The lowest BCUT2D eigenvalue weighted by Gasteiger charge is -2.05. The van der Waals surface area contributed by atoms with Crippen LogP contribution < -0.4 is 5.32 Å². The van der Waals surface area contributed by atoms with Crippen molar-refractivity contribution >= 4 is 35.0 Å². The van der Waals surface area contributed by atoms with Crippen LogP contribution in [0.3, 0.4) is 0 Å². The summed E-state index contributed by atoms with van der Waals surface area (Å²) in [5.74, 6) is 0.00877. The van der Waals surface area contributed by atoms with Crippen molar-refractivity contribution in [3.8, 4) is 6.07 Å². The topological polar surface area (TPSA) is 94.5 Å². The monoisotopic (exact) mass is 293 g/mol. The van der Waals surface area contributed by atoms with Crippen molar-refractivity contribution < 1.29 is 4.79 Å². The Morgan fingerprint density at radius 2 is 2.42 bits per heavy atom. The highest BCUT2D eigenvalue weighted by Gasteiger charge is 2.07. The van der Waals surface area contributed by atoms with Gasteiger partial charge in [0.05, 0.1) is 16.3 Å². The zero-order valence-corrected chi connectivity index (χ0v) is 11.1. The average Bonchev–Trinajstić information content (AvgIpc) is 2.90. The maximum Gasteiger partial charge on any atom is 0.234 e. The molecule has 0 fully saturated rings. The smallest absolute Gasteiger partial charge is 0.234 e. The van der Waals surface area contributed by atoms with Gasteiger partial charge in [-0.2, -0.15) is 10.4 Å². The molecule has 0 unspecified atom stereocenters. The highest BCUT2D eigenvalue weighted by molar-refractivity contribution is 7.99. The van der Waals surface area contributed by atoms with Gasteiger partial charge in [-0.1, -0.05) is 23.4 Å².